The lowest BCUT2D eigenvalue weighted by molar-refractivity contribution is 0.480. The van der Waals surface area contributed by atoms with Gasteiger partial charge in [0.15, 0.2) is 5.43 Å². The van der Waals surface area contributed by atoms with E-state index in [-0.39, 0.29) is 11.2 Å². The molecule has 0 bridgehead atoms. The summed E-state index contributed by atoms with van der Waals surface area (Å²) in [5, 5.41) is 0.449. The van der Waals surface area contributed by atoms with Gasteiger partial charge in [-0.1, -0.05) is 0 Å². The number of anilines is 1. The molecule has 1 heterocycles. The number of ether oxygens (including phenoxy) is 1. The smallest absolute Gasteiger partial charge is 0.193 e. The first-order valence-electron chi connectivity index (χ1n) is 7.96. The highest BCUT2D eigenvalue weighted by atomic mass is 19.1. The predicted octanol–water partition coefficient (Wildman–Crippen LogP) is 4.97. The van der Waals surface area contributed by atoms with Gasteiger partial charge in [-0.05, 0) is 66.7 Å². The molecule has 3 aromatic carbocycles. The van der Waals surface area contributed by atoms with Crippen molar-refractivity contribution in [3.63, 3.8) is 0 Å². The molecular formula is C21H14FNO3. The summed E-state index contributed by atoms with van der Waals surface area (Å²) in [5.41, 5.74) is 7.30. The number of benzene rings is 3. The Morgan fingerprint density at radius 1 is 0.846 bits per heavy atom. The van der Waals surface area contributed by atoms with Crippen molar-refractivity contribution >= 4 is 16.7 Å². The number of hydrogen-bond acceptors (Lipinski definition) is 4. The second-order valence-electron chi connectivity index (χ2n) is 5.81. The molecule has 0 aliphatic rings. The van der Waals surface area contributed by atoms with E-state index < -0.39 is 0 Å². The average Bonchev–Trinajstić information content (AvgIpc) is 2.65. The van der Waals surface area contributed by atoms with Gasteiger partial charge in [0.1, 0.15) is 28.7 Å². The Hall–Kier alpha value is -3.60. The van der Waals surface area contributed by atoms with Crippen LogP contribution in [-0.4, -0.2) is 0 Å². The number of nitrogen functional groups attached to an aromatic ring is 1. The largest absolute Gasteiger partial charge is 0.457 e. The molecule has 0 aliphatic heterocycles. The van der Waals surface area contributed by atoms with Crippen molar-refractivity contribution in [3.8, 4) is 22.8 Å². The van der Waals surface area contributed by atoms with Crippen LogP contribution in [-0.2, 0) is 0 Å². The van der Waals surface area contributed by atoms with Gasteiger partial charge in [0.25, 0.3) is 0 Å². The number of halogens is 1. The zero-order chi connectivity index (χ0) is 18.1. The van der Waals surface area contributed by atoms with E-state index in [9.17, 15) is 9.18 Å². The third-order valence-corrected chi connectivity index (χ3v) is 3.94. The first kappa shape index (κ1) is 15.9. The summed E-state index contributed by atoms with van der Waals surface area (Å²) in [5.74, 6) is 1.27. The van der Waals surface area contributed by atoms with Crippen LogP contribution in [0.3, 0.4) is 0 Å². The van der Waals surface area contributed by atoms with Crippen LogP contribution in [0.25, 0.3) is 22.3 Å². The minimum atomic E-state index is -0.319. The topological polar surface area (TPSA) is 65.5 Å². The molecule has 0 atom stereocenters. The number of fused-ring (bicyclic) bond motifs is 1. The quantitative estimate of drug-likeness (QED) is 0.531. The van der Waals surface area contributed by atoms with Crippen LogP contribution in [0.2, 0.25) is 0 Å². The normalized spacial score (nSPS) is 10.8. The summed E-state index contributed by atoms with van der Waals surface area (Å²) in [6.07, 6.45) is 0. The van der Waals surface area contributed by atoms with Gasteiger partial charge in [-0.3, -0.25) is 4.79 Å². The standard InChI is InChI=1S/C21H14FNO3/c22-14-3-8-17(9-4-14)25-16-6-1-13(2-7-16)21-12-19(24)18-11-15(23)5-10-20(18)26-21/h1-12H,23H2. The van der Waals surface area contributed by atoms with Crippen LogP contribution < -0.4 is 15.9 Å². The number of hydrogen-bond donors (Lipinski definition) is 1. The molecule has 4 rings (SSSR count). The molecule has 2 N–H and O–H groups in total. The van der Waals surface area contributed by atoms with E-state index >= 15 is 0 Å². The molecule has 0 saturated heterocycles. The molecule has 0 fully saturated rings. The summed E-state index contributed by atoms with van der Waals surface area (Å²) in [7, 11) is 0. The van der Waals surface area contributed by atoms with Gasteiger partial charge in [-0.25, -0.2) is 4.39 Å². The maximum absolute atomic E-state index is 12.9. The molecular weight excluding hydrogens is 333 g/mol. The highest BCUT2D eigenvalue weighted by Gasteiger charge is 2.08. The second kappa shape index (κ2) is 6.37. The molecule has 0 amide bonds. The lowest BCUT2D eigenvalue weighted by Gasteiger charge is -2.07. The first-order chi connectivity index (χ1) is 12.6. The van der Waals surface area contributed by atoms with E-state index in [4.69, 9.17) is 14.9 Å². The Kier molecular flexibility index (Phi) is 3.89. The zero-order valence-corrected chi connectivity index (χ0v) is 13.6. The molecule has 4 aromatic rings. The monoisotopic (exact) mass is 347 g/mol. The van der Waals surface area contributed by atoms with Gasteiger partial charge in [-0.15, -0.1) is 0 Å². The highest BCUT2D eigenvalue weighted by molar-refractivity contribution is 5.81. The molecule has 0 saturated carbocycles. The number of rotatable bonds is 3. The highest BCUT2D eigenvalue weighted by Crippen LogP contribution is 2.27. The van der Waals surface area contributed by atoms with Crippen molar-refractivity contribution in [1.82, 2.24) is 0 Å². The molecule has 5 heteroatoms. The van der Waals surface area contributed by atoms with E-state index in [1.54, 1.807) is 54.6 Å². The van der Waals surface area contributed by atoms with Crippen molar-refractivity contribution in [2.45, 2.75) is 0 Å². The summed E-state index contributed by atoms with van der Waals surface area (Å²) in [4.78, 5) is 12.3. The molecule has 0 radical (unpaired) electrons. The van der Waals surface area contributed by atoms with Crippen LogP contribution in [0.4, 0.5) is 10.1 Å². The summed E-state index contributed by atoms with van der Waals surface area (Å²) in [6.45, 7) is 0. The Labute approximate surface area is 148 Å². The molecule has 1 aromatic heterocycles. The van der Waals surface area contributed by atoms with E-state index in [1.807, 2.05) is 0 Å². The first-order valence-corrected chi connectivity index (χ1v) is 7.96. The number of nitrogens with two attached hydrogens (primary N) is 1. The fourth-order valence-corrected chi connectivity index (χ4v) is 2.64. The SMILES string of the molecule is Nc1ccc2oc(-c3ccc(Oc4ccc(F)cc4)cc3)cc(=O)c2c1. The van der Waals surface area contributed by atoms with Gasteiger partial charge in [-0.2, -0.15) is 0 Å². The molecule has 26 heavy (non-hydrogen) atoms. The van der Waals surface area contributed by atoms with E-state index in [0.717, 1.165) is 5.56 Å². The van der Waals surface area contributed by atoms with Crippen molar-refractivity contribution in [2.75, 3.05) is 5.73 Å². The summed E-state index contributed by atoms with van der Waals surface area (Å²) < 4.78 is 24.4. The molecule has 0 aliphatic carbocycles. The summed E-state index contributed by atoms with van der Waals surface area (Å²) in [6, 6.07) is 19.3. The van der Waals surface area contributed by atoms with Gasteiger partial charge in [0, 0.05) is 17.3 Å². The van der Waals surface area contributed by atoms with Crippen LogP contribution in [0.5, 0.6) is 11.5 Å². The lowest BCUT2D eigenvalue weighted by atomic mass is 10.1. The van der Waals surface area contributed by atoms with E-state index in [0.29, 0.717) is 33.9 Å². The van der Waals surface area contributed by atoms with Crippen LogP contribution in [0.1, 0.15) is 0 Å². The molecule has 128 valence electrons. The molecule has 4 nitrogen and oxygen atoms in total. The Morgan fingerprint density at radius 3 is 2.19 bits per heavy atom. The van der Waals surface area contributed by atoms with Crippen LogP contribution in [0.15, 0.2) is 82.0 Å². The maximum Gasteiger partial charge on any atom is 0.193 e. The van der Waals surface area contributed by atoms with Gasteiger partial charge in [0.05, 0.1) is 5.39 Å². The third-order valence-electron chi connectivity index (χ3n) is 3.94. The molecule has 0 spiro atoms. The predicted molar refractivity (Wildman–Crippen MR) is 98.8 cm³/mol. The third kappa shape index (κ3) is 3.15. The Balaban J connectivity index is 1.64. The van der Waals surface area contributed by atoms with E-state index in [2.05, 4.69) is 0 Å². The zero-order valence-electron chi connectivity index (χ0n) is 13.6. The lowest BCUT2D eigenvalue weighted by Crippen LogP contribution is -2.01. The van der Waals surface area contributed by atoms with Crippen molar-refractivity contribution in [2.24, 2.45) is 0 Å². The minimum Gasteiger partial charge on any atom is -0.457 e. The Morgan fingerprint density at radius 2 is 1.50 bits per heavy atom. The maximum atomic E-state index is 12.9. The average molecular weight is 347 g/mol. The van der Waals surface area contributed by atoms with Gasteiger partial charge < -0.3 is 14.9 Å². The van der Waals surface area contributed by atoms with Crippen LogP contribution in [0, 0.1) is 5.82 Å². The fraction of sp³-hybridized carbons (Fsp3) is 0. The van der Waals surface area contributed by atoms with Crippen molar-refractivity contribution < 1.29 is 13.5 Å². The molecule has 0 unspecified atom stereocenters. The van der Waals surface area contributed by atoms with Gasteiger partial charge in [0.2, 0.25) is 0 Å². The Bertz CT molecular complexity index is 1130. The van der Waals surface area contributed by atoms with Crippen molar-refractivity contribution in [1.29, 1.82) is 0 Å². The fourth-order valence-electron chi connectivity index (χ4n) is 2.64. The van der Waals surface area contributed by atoms with Gasteiger partial charge >= 0.3 is 0 Å². The minimum absolute atomic E-state index is 0.153. The summed E-state index contributed by atoms with van der Waals surface area (Å²) >= 11 is 0. The van der Waals surface area contributed by atoms with E-state index in [1.165, 1.54) is 18.2 Å². The van der Waals surface area contributed by atoms with Crippen molar-refractivity contribution in [3.05, 3.63) is 88.8 Å². The van der Waals surface area contributed by atoms with Crippen LogP contribution >= 0.6 is 0 Å². The second-order valence-corrected chi connectivity index (χ2v) is 5.81.